The van der Waals surface area contributed by atoms with Gasteiger partial charge in [-0.05, 0) is 54.4 Å². The van der Waals surface area contributed by atoms with E-state index in [1.54, 1.807) is 61.5 Å². The maximum Gasteiger partial charge on any atom is 0.301 e. The Labute approximate surface area is 213 Å². The van der Waals surface area contributed by atoms with Crippen molar-refractivity contribution in [3.05, 3.63) is 113 Å². The largest absolute Gasteiger partial charge is 0.507 e. The standard InChI is InChI=1S/C29H24N2O6/c1-18-16-24(30-37-18)31-26(20-8-14-23(15-9-20)36-17-19-6-4-3-5-7-19)25(28(33)29(31)34)27(32)21-10-12-22(35-2)13-11-21/h3-16,26,32H,17H2,1-2H3/b27-25+/t26-/m1/s1. The number of methoxy groups -OCH3 is 1. The predicted octanol–water partition coefficient (Wildman–Crippen LogP) is 5.20. The molecule has 1 fully saturated rings. The number of aromatic nitrogens is 1. The number of rotatable bonds is 7. The first-order valence-corrected chi connectivity index (χ1v) is 11.6. The monoisotopic (exact) mass is 496 g/mol. The molecule has 0 radical (unpaired) electrons. The van der Waals surface area contributed by atoms with Crippen molar-refractivity contribution in [1.82, 2.24) is 5.16 Å². The van der Waals surface area contributed by atoms with E-state index in [-0.39, 0.29) is 17.2 Å². The van der Waals surface area contributed by atoms with Crippen molar-refractivity contribution in [1.29, 1.82) is 0 Å². The van der Waals surface area contributed by atoms with Gasteiger partial charge in [0.05, 0.1) is 18.7 Å². The molecule has 3 aromatic carbocycles. The first kappa shape index (κ1) is 23.9. The average Bonchev–Trinajstić information content (AvgIpc) is 3.48. The molecule has 0 bridgehead atoms. The highest BCUT2D eigenvalue weighted by Gasteiger charge is 2.48. The number of hydrogen-bond acceptors (Lipinski definition) is 7. The van der Waals surface area contributed by atoms with E-state index in [4.69, 9.17) is 14.0 Å². The molecular formula is C29H24N2O6. The molecule has 1 N–H and O–H groups in total. The predicted molar refractivity (Wildman–Crippen MR) is 136 cm³/mol. The summed E-state index contributed by atoms with van der Waals surface area (Å²) in [6.07, 6.45) is 0. The van der Waals surface area contributed by atoms with Crippen LogP contribution in [0.15, 0.2) is 95.0 Å². The van der Waals surface area contributed by atoms with Crippen LogP contribution in [0.1, 0.15) is 28.5 Å². The zero-order valence-corrected chi connectivity index (χ0v) is 20.3. The minimum atomic E-state index is -0.922. The first-order valence-electron chi connectivity index (χ1n) is 11.6. The summed E-state index contributed by atoms with van der Waals surface area (Å²) in [5.74, 6) is -0.0350. The van der Waals surface area contributed by atoms with Gasteiger partial charge in [-0.3, -0.25) is 14.5 Å². The Bertz CT molecular complexity index is 1460. The molecule has 37 heavy (non-hydrogen) atoms. The van der Waals surface area contributed by atoms with E-state index in [0.29, 0.717) is 35.0 Å². The van der Waals surface area contributed by atoms with Crippen molar-refractivity contribution in [3.8, 4) is 11.5 Å². The van der Waals surface area contributed by atoms with E-state index in [1.807, 2.05) is 30.3 Å². The Morgan fingerprint density at radius 2 is 1.65 bits per heavy atom. The minimum Gasteiger partial charge on any atom is -0.507 e. The van der Waals surface area contributed by atoms with Gasteiger partial charge < -0.3 is 19.1 Å². The van der Waals surface area contributed by atoms with Crippen LogP contribution in [-0.4, -0.2) is 29.1 Å². The van der Waals surface area contributed by atoms with Crippen LogP contribution < -0.4 is 14.4 Å². The van der Waals surface area contributed by atoms with Crippen LogP contribution >= 0.6 is 0 Å². The van der Waals surface area contributed by atoms with E-state index in [0.717, 1.165) is 5.56 Å². The molecule has 1 aliphatic heterocycles. The number of carbonyl (C=O) groups excluding carboxylic acids is 2. The summed E-state index contributed by atoms with van der Waals surface area (Å²) < 4.78 is 16.2. The van der Waals surface area contributed by atoms with Crippen molar-refractivity contribution in [3.63, 3.8) is 0 Å². The van der Waals surface area contributed by atoms with Crippen molar-refractivity contribution < 1.29 is 28.7 Å². The third kappa shape index (κ3) is 4.69. The van der Waals surface area contributed by atoms with Gasteiger partial charge in [-0.1, -0.05) is 47.6 Å². The molecule has 0 spiro atoms. The number of ketones is 1. The second-order valence-electron chi connectivity index (χ2n) is 8.54. The maximum absolute atomic E-state index is 13.2. The van der Waals surface area contributed by atoms with Crippen molar-refractivity contribution in [2.24, 2.45) is 0 Å². The molecule has 8 nitrogen and oxygen atoms in total. The Balaban J connectivity index is 1.54. The molecule has 1 atom stereocenters. The second kappa shape index (κ2) is 10.0. The highest BCUT2D eigenvalue weighted by molar-refractivity contribution is 6.51. The lowest BCUT2D eigenvalue weighted by molar-refractivity contribution is -0.132. The van der Waals surface area contributed by atoms with E-state index < -0.39 is 17.7 Å². The number of nitrogens with zero attached hydrogens (tertiary/aromatic N) is 2. The number of Topliss-reactive ketones (excluding diaryl/α,β-unsaturated/α-hetero) is 1. The molecule has 5 rings (SSSR count). The molecule has 4 aromatic rings. The third-order valence-electron chi connectivity index (χ3n) is 6.11. The zero-order valence-electron chi connectivity index (χ0n) is 20.3. The van der Waals surface area contributed by atoms with Crippen molar-refractivity contribution >= 4 is 23.3 Å². The number of aliphatic hydroxyl groups excluding tert-OH is 1. The molecule has 1 aromatic heterocycles. The quantitative estimate of drug-likeness (QED) is 0.213. The highest BCUT2D eigenvalue weighted by atomic mass is 16.5. The summed E-state index contributed by atoms with van der Waals surface area (Å²) in [7, 11) is 1.54. The third-order valence-corrected chi connectivity index (χ3v) is 6.11. The topological polar surface area (TPSA) is 102 Å². The summed E-state index contributed by atoms with van der Waals surface area (Å²) in [5.41, 5.74) is 1.96. The van der Waals surface area contributed by atoms with Gasteiger partial charge in [-0.15, -0.1) is 0 Å². The molecule has 1 aliphatic rings. The SMILES string of the molecule is COc1ccc(/C(O)=C2\C(=O)C(=O)N(c3cc(C)on3)[C@@H]2c2ccc(OCc3ccccc3)cc2)cc1. The molecular weight excluding hydrogens is 472 g/mol. The number of amides is 1. The molecule has 2 heterocycles. The number of aliphatic hydroxyl groups is 1. The Kier molecular flexibility index (Phi) is 6.47. The van der Waals surface area contributed by atoms with Crippen LogP contribution in [0.3, 0.4) is 0 Å². The summed E-state index contributed by atoms with van der Waals surface area (Å²) in [6, 6.07) is 24.1. The summed E-state index contributed by atoms with van der Waals surface area (Å²) in [6.45, 7) is 2.09. The van der Waals surface area contributed by atoms with Gasteiger partial charge in [0.2, 0.25) is 0 Å². The van der Waals surface area contributed by atoms with Gasteiger partial charge in [-0.25, -0.2) is 0 Å². The molecule has 186 valence electrons. The van der Waals surface area contributed by atoms with Gasteiger partial charge in [0, 0.05) is 11.6 Å². The van der Waals surface area contributed by atoms with Gasteiger partial charge in [-0.2, -0.15) is 0 Å². The average molecular weight is 497 g/mol. The Hall–Kier alpha value is -4.85. The number of aryl methyl sites for hydroxylation is 1. The Morgan fingerprint density at radius 1 is 0.973 bits per heavy atom. The van der Waals surface area contributed by atoms with E-state index in [1.165, 1.54) is 12.0 Å². The van der Waals surface area contributed by atoms with Crippen molar-refractivity contribution in [2.45, 2.75) is 19.6 Å². The van der Waals surface area contributed by atoms with Gasteiger partial charge in [0.25, 0.3) is 5.78 Å². The minimum absolute atomic E-state index is 0.0474. The smallest absolute Gasteiger partial charge is 0.301 e. The van der Waals surface area contributed by atoms with Gasteiger partial charge in [0.1, 0.15) is 29.6 Å². The number of carbonyl (C=O) groups is 2. The lowest BCUT2D eigenvalue weighted by Gasteiger charge is -2.23. The summed E-state index contributed by atoms with van der Waals surface area (Å²) >= 11 is 0. The lowest BCUT2D eigenvalue weighted by Crippen LogP contribution is -2.29. The summed E-state index contributed by atoms with van der Waals surface area (Å²) in [4.78, 5) is 27.6. The van der Waals surface area contributed by atoms with Crippen LogP contribution in [0.4, 0.5) is 5.82 Å². The number of anilines is 1. The van der Waals surface area contributed by atoms with Crippen LogP contribution in [0.25, 0.3) is 5.76 Å². The molecule has 0 saturated carbocycles. The van der Waals surface area contributed by atoms with Crippen molar-refractivity contribution in [2.75, 3.05) is 12.0 Å². The van der Waals surface area contributed by atoms with Crippen LogP contribution in [0.5, 0.6) is 11.5 Å². The number of benzene rings is 3. The van der Waals surface area contributed by atoms with E-state index in [9.17, 15) is 14.7 Å². The second-order valence-corrected chi connectivity index (χ2v) is 8.54. The molecule has 0 unspecified atom stereocenters. The maximum atomic E-state index is 13.2. The zero-order chi connectivity index (χ0) is 25.9. The molecule has 8 heteroatoms. The summed E-state index contributed by atoms with van der Waals surface area (Å²) in [5, 5.41) is 15.2. The molecule has 0 aliphatic carbocycles. The normalized spacial score (nSPS) is 16.7. The molecule has 1 saturated heterocycles. The number of ether oxygens (including phenoxy) is 2. The number of hydrogen-bond donors (Lipinski definition) is 1. The van der Waals surface area contributed by atoms with Gasteiger partial charge >= 0.3 is 5.91 Å². The fourth-order valence-electron chi connectivity index (χ4n) is 4.24. The Morgan fingerprint density at radius 3 is 2.27 bits per heavy atom. The van der Waals surface area contributed by atoms with Crippen LogP contribution in [0.2, 0.25) is 0 Å². The highest BCUT2D eigenvalue weighted by Crippen LogP contribution is 2.42. The lowest BCUT2D eigenvalue weighted by atomic mass is 9.95. The van der Waals surface area contributed by atoms with E-state index >= 15 is 0 Å². The van der Waals surface area contributed by atoms with E-state index in [2.05, 4.69) is 5.16 Å². The first-order chi connectivity index (χ1) is 18.0. The van der Waals surface area contributed by atoms with Crippen LogP contribution in [-0.2, 0) is 16.2 Å². The van der Waals surface area contributed by atoms with Crippen LogP contribution in [0, 0.1) is 6.92 Å². The molecule has 1 amide bonds. The van der Waals surface area contributed by atoms with Gasteiger partial charge in [0.15, 0.2) is 5.82 Å². The fraction of sp³-hybridized carbons (Fsp3) is 0.138. The fourth-order valence-corrected chi connectivity index (χ4v) is 4.24.